The van der Waals surface area contributed by atoms with Crippen molar-refractivity contribution in [2.75, 3.05) is 19.6 Å². The molecule has 4 nitrogen and oxygen atoms in total. The van der Waals surface area contributed by atoms with Gasteiger partial charge in [-0.25, -0.2) is 0 Å². The average molecular weight is 325 g/mol. The molecule has 0 fully saturated rings. The number of nitrogens with one attached hydrogen (secondary N) is 3. The van der Waals surface area contributed by atoms with Crippen molar-refractivity contribution >= 4 is 16.8 Å². The van der Waals surface area contributed by atoms with Crippen LogP contribution < -0.4 is 10.6 Å². The summed E-state index contributed by atoms with van der Waals surface area (Å²) in [5.41, 5.74) is 3.95. The molecule has 4 heteroatoms. The highest BCUT2D eigenvalue weighted by atomic mass is 16.1. The van der Waals surface area contributed by atoms with Gasteiger partial charge in [0.25, 0.3) is 0 Å². The highest BCUT2D eigenvalue weighted by molar-refractivity contribution is 5.83. The van der Waals surface area contributed by atoms with Gasteiger partial charge in [0.05, 0.1) is 6.54 Å². The van der Waals surface area contributed by atoms with E-state index < -0.39 is 0 Å². The second-order valence-electron chi connectivity index (χ2n) is 6.49. The lowest BCUT2D eigenvalue weighted by atomic mass is 9.97. The van der Waals surface area contributed by atoms with Gasteiger partial charge in [0.2, 0.25) is 5.91 Å². The van der Waals surface area contributed by atoms with Crippen molar-refractivity contribution in [2.24, 2.45) is 0 Å². The fourth-order valence-corrected chi connectivity index (χ4v) is 3.32. The van der Waals surface area contributed by atoms with Crippen molar-refractivity contribution in [3.8, 4) is 0 Å². The van der Waals surface area contributed by atoms with Crippen LogP contribution >= 0.6 is 0 Å². The maximum atomic E-state index is 11.9. The van der Waals surface area contributed by atoms with Crippen molar-refractivity contribution in [1.82, 2.24) is 15.6 Å². The van der Waals surface area contributed by atoms with Crippen LogP contribution in [0.3, 0.4) is 0 Å². The van der Waals surface area contributed by atoms with Crippen molar-refractivity contribution in [3.63, 3.8) is 0 Å². The van der Waals surface area contributed by atoms with Gasteiger partial charge in [-0.05, 0) is 56.7 Å². The molecule has 0 atom stereocenters. The molecule has 0 unspecified atom stereocenters. The van der Waals surface area contributed by atoms with Gasteiger partial charge in [-0.1, -0.05) is 29.8 Å². The SMILES string of the molecule is O=C(CNCCC1=CCCCC1)NCCc1c[nH]c2ccccc12. The van der Waals surface area contributed by atoms with Crippen LogP contribution in [-0.2, 0) is 11.2 Å². The molecule has 2 aromatic rings. The zero-order valence-corrected chi connectivity index (χ0v) is 14.2. The number of fused-ring (bicyclic) bond motifs is 1. The van der Waals surface area contributed by atoms with E-state index in [2.05, 4.69) is 33.8 Å². The van der Waals surface area contributed by atoms with Gasteiger partial charge < -0.3 is 15.6 Å². The molecule has 1 heterocycles. The first-order valence-corrected chi connectivity index (χ1v) is 9.03. The van der Waals surface area contributed by atoms with Crippen molar-refractivity contribution < 1.29 is 4.79 Å². The first kappa shape index (κ1) is 16.8. The third-order valence-electron chi connectivity index (χ3n) is 4.68. The van der Waals surface area contributed by atoms with E-state index in [9.17, 15) is 4.79 Å². The van der Waals surface area contributed by atoms with Gasteiger partial charge in [0.1, 0.15) is 0 Å². The molecular weight excluding hydrogens is 298 g/mol. The molecule has 0 bridgehead atoms. The third kappa shape index (κ3) is 4.71. The first-order valence-electron chi connectivity index (χ1n) is 9.03. The fourth-order valence-electron chi connectivity index (χ4n) is 3.32. The van der Waals surface area contributed by atoms with E-state index in [1.54, 1.807) is 5.57 Å². The Morgan fingerprint density at radius 1 is 1.12 bits per heavy atom. The number of para-hydroxylation sites is 1. The number of allylic oxidation sites excluding steroid dienone is 1. The number of carbonyl (C=O) groups excluding carboxylic acids is 1. The summed E-state index contributed by atoms with van der Waals surface area (Å²) < 4.78 is 0. The van der Waals surface area contributed by atoms with E-state index in [4.69, 9.17) is 0 Å². The van der Waals surface area contributed by atoms with Gasteiger partial charge in [-0.2, -0.15) is 0 Å². The Balaban J connectivity index is 1.32. The fraction of sp³-hybridized carbons (Fsp3) is 0.450. The average Bonchev–Trinajstić information content (AvgIpc) is 3.03. The van der Waals surface area contributed by atoms with E-state index in [0.29, 0.717) is 13.1 Å². The molecule has 0 radical (unpaired) electrons. The number of amides is 1. The summed E-state index contributed by atoms with van der Waals surface area (Å²) in [5.74, 6) is 0.0764. The number of carbonyl (C=O) groups is 1. The Morgan fingerprint density at radius 2 is 2.04 bits per heavy atom. The highest BCUT2D eigenvalue weighted by Gasteiger charge is 2.06. The number of aromatic amines is 1. The van der Waals surface area contributed by atoms with Crippen LogP contribution in [0.5, 0.6) is 0 Å². The minimum absolute atomic E-state index is 0.0764. The topological polar surface area (TPSA) is 56.9 Å². The zero-order chi connectivity index (χ0) is 16.6. The summed E-state index contributed by atoms with van der Waals surface area (Å²) in [6.07, 6.45) is 11.4. The molecule has 24 heavy (non-hydrogen) atoms. The van der Waals surface area contributed by atoms with Gasteiger partial charge in [0.15, 0.2) is 0 Å². The lowest BCUT2D eigenvalue weighted by Gasteiger charge is -2.12. The minimum atomic E-state index is 0.0764. The quantitative estimate of drug-likeness (QED) is 0.515. The van der Waals surface area contributed by atoms with Crippen LogP contribution in [0.25, 0.3) is 10.9 Å². The second kappa shape index (κ2) is 8.69. The molecule has 0 aliphatic heterocycles. The Kier molecular flexibility index (Phi) is 6.07. The maximum absolute atomic E-state index is 11.9. The van der Waals surface area contributed by atoms with Crippen LogP contribution in [0.15, 0.2) is 42.1 Å². The summed E-state index contributed by atoms with van der Waals surface area (Å²) in [5, 5.41) is 7.48. The number of rotatable bonds is 8. The number of hydrogen-bond acceptors (Lipinski definition) is 2. The van der Waals surface area contributed by atoms with Crippen LogP contribution in [-0.4, -0.2) is 30.5 Å². The van der Waals surface area contributed by atoms with E-state index in [1.165, 1.54) is 36.6 Å². The molecule has 1 aliphatic carbocycles. The lowest BCUT2D eigenvalue weighted by molar-refractivity contribution is -0.120. The maximum Gasteiger partial charge on any atom is 0.233 e. The molecular formula is C20H27N3O. The van der Waals surface area contributed by atoms with E-state index in [1.807, 2.05) is 18.3 Å². The van der Waals surface area contributed by atoms with Crippen molar-refractivity contribution in [3.05, 3.63) is 47.7 Å². The predicted molar refractivity (Wildman–Crippen MR) is 99.1 cm³/mol. The zero-order valence-electron chi connectivity index (χ0n) is 14.2. The summed E-state index contributed by atoms with van der Waals surface area (Å²) in [6.45, 7) is 1.97. The Morgan fingerprint density at radius 3 is 2.92 bits per heavy atom. The second-order valence-corrected chi connectivity index (χ2v) is 6.49. The minimum Gasteiger partial charge on any atom is -0.361 e. The Bertz CT molecular complexity index is 702. The Hall–Kier alpha value is -2.07. The molecule has 0 saturated carbocycles. The van der Waals surface area contributed by atoms with Gasteiger partial charge >= 0.3 is 0 Å². The molecule has 3 rings (SSSR count). The molecule has 128 valence electrons. The van der Waals surface area contributed by atoms with Crippen molar-refractivity contribution in [1.29, 1.82) is 0 Å². The standard InChI is InChI=1S/C20H27N3O/c24-20(15-21-12-10-16-6-2-1-3-7-16)22-13-11-17-14-23-19-9-5-4-8-18(17)19/h4-6,8-9,14,21,23H,1-3,7,10-13,15H2,(H,22,24). The van der Waals surface area contributed by atoms with Crippen LogP contribution in [0.4, 0.5) is 0 Å². The smallest absolute Gasteiger partial charge is 0.233 e. The molecule has 1 aromatic carbocycles. The number of hydrogen-bond donors (Lipinski definition) is 3. The van der Waals surface area contributed by atoms with Crippen molar-refractivity contribution in [2.45, 2.75) is 38.5 Å². The van der Waals surface area contributed by atoms with Gasteiger partial charge in [-0.15, -0.1) is 0 Å². The normalized spacial score (nSPS) is 14.6. The highest BCUT2D eigenvalue weighted by Crippen LogP contribution is 2.19. The largest absolute Gasteiger partial charge is 0.361 e. The molecule has 0 saturated heterocycles. The first-order chi connectivity index (χ1) is 11.8. The van der Waals surface area contributed by atoms with E-state index >= 15 is 0 Å². The molecule has 0 spiro atoms. The molecule has 1 aromatic heterocycles. The molecule has 3 N–H and O–H groups in total. The Labute approximate surface area is 143 Å². The summed E-state index contributed by atoms with van der Waals surface area (Å²) >= 11 is 0. The molecule has 1 amide bonds. The number of aromatic nitrogens is 1. The van der Waals surface area contributed by atoms with Crippen LogP contribution in [0.1, 0.15) is 37.7 Å². The number of benzene rings is 1. The lowest BCUT2D eigenvalue weighted by Crippen LogP contribution is -2.35. The van der Waals surface area contributed by atoms with E-state index in [-0.39, 0.29) is 5.91 Å². The summed E-state index contributed by atoms with van der Waals surface area (Å²) in [6, 6.07) is 8.26. The predicted octanol–water partition coefficient (Wildman–Crippen LogP) is 3.31. The molecule has 1 aliphatic rings. The van der Waals surface area contributed by atoms with Crippen LogP contribution in [0, 0.1) is 0 Å². The third-order valence-corrected chi connectivity index (χ3v) is 4.68. The number of H-pyrrole nitrogens is 1. The summed E-state index contributed by atoms with van der Waals surface area (Å²) in [7, 11) is 0. The van der Waals surface area contributed by atoms with Gasteiger partial charge in [-0.3, -0.25) is 4.79 Å². The van der Waals surface area contributed by atoms with Crippen LogP contribution in [0.2, 0.25) is 0 Å². The van der Waals surface area contributed by atoms with E-state index in [0.717, 1.165) is 24.9 Å². The summed E-state index contributed by atoms with van der Waals surface area (Å²) in [4.78, 5) is 15.2. The monoisotopic (exact) mass is 325 g/mol. The van der Waals surface area contributed by atoms with Gasteiger partial charge in [0, 0.05) is 23.6 Å².